The molecule has 1 fully saturated rings. The van der Waals surface area contributed by atoms with Crippen LogP contribution in [-0.4, -0.2) is 46.2 Å². The van der Waals surface area contributed by atoms with Gasteiger partial charge in [-0.2, -0.15) is 0 Å². The Morgan fingerprint density at radius 1 is 1.43 bits per heavy atom. The molecule has 1 saturated heterocycles. The lowest BCUT2D eigenvalue weighted by atomic mass is 10.0. The monoisotopic (exact) mass is 332 g/mol. The Labute approximate surface area is 139 Å². The summed E-state index contributed by atoms with van der Waals surface area (Å²) in [5.41, 5.74) is -0.930. The first-order valence-corrected chi connectivity index (χ1v) is 8.42. The van der Waals surface area contributed by atoms with Gasteiger partial charge >= 0.3 is 0 Å². The van der Waals surface area contributed by atoms with Crippen molar-refractivity contribution in [2.75, 3.05) is 24.5 Å². The zero-order chi connectivity index (χ0) is 16.3. The molecule has 1 unspecified atom stereocenters. The van der Waals surface area contributed by atoms with E-state index in [-0.39, 0.29) is 12.5 Å². The fraction of sp³-hybridized carbons (Fsp3) is 0.438. The number of anilines is 1. The lowest BCUT2D eigenvalue weighted by Crippen LogP contribution is -2.45. The van der Waals surface area contributed by atoms with Crippen molar-refractivity contribution >= 4 is 23.2 Å². The zero-order valence-corrected chi connectivity index (χ0v) is 13.8. The van der Waals surface area contributed by atoms with Crippen LogP contribution in [0.5, 0.6) is 0 Å². The van der Waals surface area contributed by atoms with Crippen LogP contribution in [0.3, 0.4) is 0 Å². The molecule has 0 aliphatic carbocycles. The molecule has 3 rings (SSSR count). The molecule has 23 heavy (non-hydrogen) atoms. The van der Waals surface area contributed by atoms with Crippen molar-refractivity contribution in [1.82, 2.24) is 15.3 Å². The quantitative estimate of drug-likeness (QED) is 0.859. The Kier molecular flexibility index (Phi) is 4.58. The Hall–Kier alpha value is -1.99. The predicted octanol–water partition coefficient (Wildman–Crippen LogP) is 1.15. The number of amides is 1. The topological polar surface area (TPSA) is 78.4 Å². The fourth-order valence-corrected chi connectivity index (χ4v) is 3.58. The third kappa shape index (κ3) is 4.05. The number of aryl methyl sites for hydroxylation is 1. The highest BCUT2D eigenvalue weighted by Gasteiger charge is 2.37. The van der Waals surface area contributed by atoms with Crippen molar-refractivity contribution in [2.24, 2.45) is 0 Å². The van der Waals surface area contributed by atoms with Gasteiger partial charge in [0.1, 0.15) is 5.60 Å². The molecule has 3 heterocycles. The molecule has 1 aliphatic rings. The number of aliphatic hydroxyl groups is 1. The Morgan fingerprint density at radius 3 is 2.91 bits per heavy atom. The van der Waals surface area contributed by atoms with Crippen LogP contribution in [0.4, 0.5) is 5.95 Å². The van der Waals surface area contributed by atoms with Gasteiger partial charge in [-0.1, -0.05) is 0 Å². The fourth-order valence-electron chi connectivity index (χ4n) is 2.69. The minimum atomic E-state index is -0.930. The smallest absolute Gasteiger partial charge is 0.225 e. The largest absolute Gasteiger partial charge is 0.386 e. The first-order valence-electron chi connectivity index (χ1n) is 7.60. The highest BCUT2D eigenvalue weighted by atomic mass is 32.1. The molecule has 1 aliphatic heterocycles. The van der Waals surface area contributed by atoms with Crippen molar-refractivity contribution in [3.63, 3.8) is 0 Å². The van der Waals surface area contributed by atoms with E-state index in [1.165, 1.54) is 4.88 Å². The van der Waals surface area contributed by atoms with E-state index in [0.717, 1.165) is 4.88 Å². The average molecular weight is 332 g/mol. The van der Waals surface area contributed by atoms with Gasteiger partial charge in [0, 0.05) is 35.2 Å². The number of carbonyl (C=O) groups is 1. The zero-order valence-electron chi connectivity index (χ0n) is 13.0. The Morgan fingerprint density at radius 2 is 2.22 bits per heavy atom. The number of rotatable bonds is 5. The highest BCUT2D eigenvalue weighted by molar-refractivity contribution is 7.12. The van der Waals surface area contributed by atoms with Crippen LogP contribution in [0, 0.1) is 6.92 Å². The van der Waals surface area contributed by atoms with Crippen molar-refractivity contribution in [2.45, 2.75) is 25.4 Å². The summed E-state index contributed by atoms with van der Waals surface area (Å²) in [6.45, 7) is 3.38. The number of β-amino-alcohol motifs (C(OH)–C–C–N with tert-alkyl or cyclic N) is 1. The van der Waals surface area contributed by atoms with Gasteiger partial charge in [0.05, 0.1) is 13.0 Å². The standard InChI is InChI=1S/C16H20N4O2S/c1-12-3-4-13(23-12)9-14(21)19-10-16(22)5-8-20(11-16)15-17-6-2-7-18-15/h2-4,6-7,22H,5,8-11H2,1H3,(H,19,21). The number of carbonyl (C=O) groups excluding carboxylic acids is 1. The van der Waals surface area contributed by atoms with Crippen LogP contribution >= 0.6 is 11.3 Å². The molecule has 6 nitrogen and oxygen atoms in total. The van der Waals surface area contributed by atoms with Gasteiger partial charge in [-0.25, -0.2) is 9.97 Å². The predicted molar refractivity (Wildman–Crippen MR) is 89.6 cm³/mol. The summed E-state index contributed by atoms with van der Waals surface area (Å²) in [6.07, 6.45) is 4.32. The van der Waals surface area contributed by atoms with E-state index < -0.39 is 5.60 Å². The molecule has 122 valence electrons. The molecular formula is C16H20N4O2S. The lowest BCUT2D eigenvalue weighted by molar-refractivity contribution is -0.121. The number of thiophene rings is 1. The van der Waals surface area contributed by atoms with E-state index in [1.54, 1.807) is 29.8 Å². The molecule has 7 heteroatoms. The van der Waals surface area contributed by atoms with Gasteiger partial charge in [-0.3, -0.25) is 4.79 Å². The molecule has 0 spiro atoms. The third-order valence-corrected chi connectivity index (χ3v) is 4.91. The Balaban J connectivity index is 1.51. The van der Waals surface area contributed by atoms with Crippen molar-refractivity contribution < 1.29 is 9.90 Å². The van der Waals surface area contributed by atoms with Crippen LogP contribution in [0.1, 0.15) is 16.2 Å². The van der Waals surface area contributed by atoms with E-state index in [2.05, 4.69) is 15.3 Å². The SMILES string of the molecule is Cc1ccc(CC(=O)NCC2(O)CCN(c3ncccn3)C2)s1. The molecule has 2 aromatic heterocycles. The van der Waals surface area contributed by atoms with E-state index in [4.69, 9.17) is 0 Å². The van der Waals surface area contributed by atoms with E-state index in [0.29, 0.717) is 31.9 Å². The number of nitrogens with zero attached hydrogens (tertiary/aromatic N) is 3. The van der Waals surface area contributed by atoms with Gasteiger partial charge in [-0.05, 0) is 31.5 Å². The molecule has 1 atom stereocenters. The maximum atomic E-state index is 12.0. The van der Waals surface area contributed by atoms with Gasteiger partial charge in [0.15, 0.2) is 0 Å². The summed E-state index contributed by atoms with van der Waals surface area (Å²) >= 11 is 1.62. The van der Waals surface area contributed by atoms with E-state index in [1.807, 2.05) is 24.0 Å². The molecule has 0 bridgehead atoms. The van der Waals surface area contributed by atoms with Crippen LogP contribution in [0.15, 0.2) is 30.6 Å². The summed E-state index contributed by atoms with van der Waals surface area (Å²) in [6, 6.07) is 5.74. The van der Waals surface area contributed by atoms with Crippen LogP contribution in [0.25, 0.3) is 0 Å². The summed E-state index contributed by atoms with van der Waals surface area (Å²) in [5, 5.41) is 13.5. The number of hydrogen-bond donors (Lipinski definition) is 2. The second-order valence-electron chi connectivity index (χ2n) is 5.91. The summed E-state index contributed by atoms with van der Waals surface area (Å²) in [5.74, 6) is 0.554. The van der Waals surface area contributed by atoms with Crippen LogP contribution in [0.2, 0.25) is 0 Å². The second-order valence-corrected chi connectivity index (χ2v) is 7.28. The second kappa shape index (κ2) is 6.64. The number of nitrogens with one attached hydrogen (secondary N) is 1. The van der Waals surface area contributed by atoms with Crippen molar-refractivity contribution in [1.29, 1.82) is 0 Å². The van der Waals surface area contributed by atoms with Gasteiger partial charge in [0.25, 0.3) is 0 Å². The van der Waals surface area contributed by atoms with E-state index >= 15 is 0 Å². The molecule has 0 saturated carbocycles. The highest BCUT2D eigenvalue weighted by Crippen LogP contribution is 2.23. The molecule has 2 N–H and O–H groups in total. The first-order chi connectivity index (χ1) is 11.0. The lowest BCUT2D eigenvalue weighted by Gasteiger charge is -2.23. The minimum Gasteiger partial charge on any atom is -0.386 e. The molecular weight excluding hydrogens is 312 g/mol. The third-order valence-electron chi connectivity index (χ3n) is 3.91. The molecule has 0 radical (unpaired) electrons. The first kappa shape index (κ1) is 15.9. The van der Waals surface area contributed by atoms with Gasteiger partial charge < -0.3 is 15.3 Å². The number of hydrogen-bond acceptors (Lipinski definition) is 6. The molecule has 1 amide bonds. The van der Waals surface area contributed by atoms with Gasteiger partial charge in [0.2, 0.25) is 11.9 Å². The Bertz CT molecular complexity index is 676. The minimum absolute atomic E-state index is 0.0605. The number of aromatic nitrogens is 2. The maximum Gasteiger partial charge on any atom is 0.225 e. The summed E-state index contributed by atoms with van der Waals surface area (Å²) in [7, 11) is 0. The molecule has 0 aromatic carbocycles. The normalized spacial score (nSPS) is 20.7. The van der Waals surface area contributed by atoms with Crippen molar-refractivity contribution in [3.8, 4) is 0 Å². The van der Waals surface area contributed by atoms with Crippen LogP contribution < -0.4 is 10.2 Å². The van der Waals surface area contributed by atoms with Gasteiger partial charge in [-0.15, -0.1) is 11.3 Å². The van der Waals surface area contributed by atoms with Crippen molar-refractivity contribution in [3.05, 3.63) is 40.3 Å². The average Bonchev–Trinajstić information content (AvgIpc) is 3.13. The maximum absolute atomic E-state index is 12.0. The summed E-state index contributed by atoms with van der Waals surface area (Å²) in [4.78, 5) is 24.6. The summed E-state index contributed by atoms with van der Waals surface area (Å²) < 4.78 is 0. The van der Waals surface area contributed by atoms with E-state index in [9.17, 15) is 9.90 Å². The molecule has 2 aromatic rings. The van der Waals surface area contributed by atoms with Crippen LogP contribution in [-0.2, 0) is 11.2 Å².